The van der Waals surface area contributed by atoms with Crippen molar-refractivity contribution in [2.75, 3.05) is 26.7 Å². The Hall–Kier alpha value is -1.56. The summed E-state index contributed by atoms with van der Waals surface area (Å²) in [6, 6.07) is 2.14. The third-order valence-corrected chi connectivity index (χ3v) is 5.36. The third kappa shape index (κ3) is 5.82. The number of thiophene rings is 1. The van der Waals surface area contributed by atoms with Gasteiger partial charge in [-0.2, -0.15) is 0 Å². The van der Waals surface area contributed by atoms with E-state index in [1.165, 1.54) is 29.7 Å². The molecule has 24 heavy (non-hydrogen) atoms. The van der Waals surface area contributed by atoms with Crippen LogP contribution in [0.3, 0.4) is 0 Å². The lowest BCUT2D eigenvalue weighted by atomic mass is 10.1. The van der Waals surface area contributed by atoms with Gasteiger partial charge in [0.1, 0.15) is 0 Å². The van der Waals surface area contributed by atoms with Crippen molar-refractivity contribution >= 4 is 23.2 Å². The highest BCUT2D eigenvalue weighted by molar-refractivity contribution is 7.10. The van der Waals surface area contributed by atoms with Gasteiger partial charge in [0.2, 0.25) is 5.91 Å². The number of aliphatic imine (C=N–C) groups is 1. The Labute approximate surface area is 149 Å². The van der Waals surface area contributed by atoms with Gasteiger partial charge in [-0.3, -0.25) is 9.79 Å². The quantitative estimate of drug-likeness (QED) is 0.431. The number of hydrogen-bond acceptors (Lipinski definition) is 3. The number of carbonyl (C=O) groups excluding carboxylic acids is 1. The van der Waals surface area contributed by atoms with Crippen LogP contribution in [0.2, 0.25) is 0 Å². The Kier molecular flexibility index (Phi) is 8.08. The average molecular weight is 351 g/mol. The van der Waals surface area contributed by atoms with Crippen LogP contribution in [-0.4, -0.2) is 43.4 Å². The summed E-state index contributed by atoms with van der Waals surface area (Å²) in [5.41, 5.74) is 1.32. The smallest absolute Gasteiger partial charge is 0.224 e. The number of nitrogens with one attached hydrogen (secondary N) is 2. The number of amides is 1. The van der Waals surface area contributed by atoms with E-state index in [0.29, 0.717) is 13.0 Å². The molecule has 5 nitrogen and oxygen atoms in total. The first-order chi connectivity index (χ1) is 11.7. The molecular formula is C18H30N4OS. The average Bonchev–Trinajstić information content (AvgIpc) is 3.07. The molecule has 0 bridgehead atoms. The number of guanidine groups is 1. The Bertz CT molecular complexity index is 541. The van der Waals surface area contributed by atoms with Gasteiger partial charge in [-0.15, -0.1) is 11.3 Å². The predicted octanol–water partition coefficient (Wildman–Crippen LogP) is 2.77. The topological polar surface area (TPSA) is 56.7 Å². The number of fused-ring (bicyclic) bond motifs is 1. The van der Waals surface area contributed by atoms with Crippen LogP contribution in [0.1, 0.15) is 49.5 Å². The van der Waals surface area contributed by atoms with Crippen LogP contribution in [0.25, 0.3) is 0 Å². The number of hydrogen-bond donors (Lipinski definition) is 2. The molecule has 0 unspecified atom stereocenters. The molecule has 0 spiro atoms. The van der Waals surface area contributed by atoms with Crippen molar-refractivity contribution in [2.45, 2.75) is 52.0 Å². The second-order valence-corrected chi connectivity index (χ2v) is 7.17. The van der Waals surface area contributed by atoms with Crippen molar-refractivity contribution in [1.29, 1.82) is 0 Å². The molecule has 1 aliphatic rings. The molecule has 2 heterocycles. The minimum absolute atomic E-state index is 0.220. The SMILES string of the molecule is CCCCCCNC(=NC)NCCC(=O)N1CCc2sccc2C1. The van der Waals surface area contributed by atoms with Crippen LogP contribution < -0.4 is 10.6 Å². The monoisotopic (exact) mass is 350 g/mol. The van der Waals surface area contributed by atoms with Gasteiger partial charge in [-0.05, 0) is 29.9 Å². The summed E-state index contributed by atoms with van der Waals surface area (Å²) in [7, 11) is 1.77. The van der Waals surface area contributed by atoms with E-state index in [2.05, 4.69) is 34.0 Å². The highest BCUT2D eigenvalue weighted by Gasteiger charge is 2.20. The third-order valence-electron chi connectivity index (χ3n) is 4.34. The molecule has 1 aromatic rings. The molecule has 2 N–H and O–H groups in total. The van der Waals surface area contributed by atoms with E-state index in [4.69, 9.17) is 0 Å². The van der Waals surface area contributed by atoms with Gasteiger partial charge < -0.3 is 15.5 Å². The van der Waals surface area contributed by atoms with E-state index in [1.807, 2.05) is 4.90 Å². The maximum Gasteiger partial charge on any atom is 0.224 e. The zero-order chi connectivity index (χ0) is 17.2. The standard InChI is InChI=1S/C18H30N4OS/c1-3-4-5-6-10-20-18(19-2)21-11-7-17(23)22-12-8-16-15(14-22)9-13-24-16/h9,13H,3-8,10-12,14H2,1-2H3,(H2,19,20,21). The maximum atomic E-state index is 12.4. The summed E-state index contributed by atoms with van der Waals surface area (Å²) in [5.74, 6) is 1.01. The van der Waals surface area contributed by atoms with Gasteiger partial charge in [0, 0.05) is 44.5 Å². The molecule has 6 heteroatoms. The lowest BCUT2D eigenvalue weighted by Crippen LogP contribution is -2.41. The molecule has 0 saturated carbocycles. The van der Waals surface area contributed by atoms with Crippen LogP contribution in [0.4, 0.5) is 0 Å². The second kappa shape index (κ2) is 10.3. The van der Waals surface area contributed by atoms with Crippen LogP contribution in [0, 0.1) is 0 Å². The molecule has 0 atom stereocenters. The van der Waals surface area contributed by atoms with Gasteiger partial charge in [0.05, 0.1) is 0 Å². The molecular weight excluding hydrogens is 320 g/mol. The zero-order valence-electron chi connectivity index (χ0n) is 14.9. The van der Waals surface area contributed by atoms with Crippen LogP contribution in [0.15, 0.2) is 16.4 Å². The van der Waals surface area contributed by atoms with Crippen molar-refractivity contribution in [3.05, 3.63) is 21.9 Å². The summed E-state index contributed by atoms with van der Waals surface area (Å²) >= 11 is 1.80. The van der Waals surface area contributed by atoms with Crippen molar-refractivity contribution in [2.24, 2.45) is 4.99 Å². The van der Waals surface area contributed by atoms with Crippen molar-refractivity contribution in [3.8, 4) is 0 Å². The van der Waals surface area contributed by atoms with E-state index in [-0.39, 0.29) is 5.91 Å². The van der Waals surface area contributed by atoms with Gasteiger partial charge in [0.25, 0.3) is 0 Å². The van der Waals surface area contributed by atoms with Crippen LogP contribution in [0.5, 0.6) is 0 Å². The summed E-state index contributed by atoms with van der Waals surface area (Å²) in [6.45, 7) is 5.38. The zero-order valence-corrected chi connectivity index (χ0v) is 15.8. The van der Waals surface area contributed by atoms with Gasteiger partial charge >= 0.3 is 0 Å². The van der Waals surface area contributed by atoms with E-state index >= 15 is 0 Å². The summed E-state index contributed by atoms with van der Waals surface area (Å²) in [4.78, 5) is 20.0. The maximum absolute atomic E-state index is 12.4. The number of unbranched alkanes of at least 4 members (excludes halogenated alkanes) is 3. The van der Waals surface area contributed by atoms with Crippen molar-refractivity contribution < 1.29 is 4.79 Å². The minimum Gasteiger partial charge on any atom is -0.356 e. The van der Waals surface area contributed by atoms with Crippen molar-refractivity contribution in [3.63, 3.8) is 0 Å². The largest absolute Gasteiger partial charge is 0.356 e. The molecule has 134 valence electrons. The molecule has 0 aliphatic carbocycles. The summed E-state index contributed by atoms with van der Waals surface area (Å²) < 4.78 is 0. The van der Waals surface area contributed by atoms with Gasteiger partial charge in [-0.1, -0.05) is 26.2 Å². The fourth-order valence-corrected chi connectivity index (χ4v) is 3.78. The first-order valence-electron chi connectivity index (χ1n) is 9.02. The molecule has 1 aromatic heterocycles. The lowest BCUT2D eigenvalue weighted by Gasteiger charge is -2.27. The van der Waals surface area contributed by atoms with E-state index in [9.17, 15) is 4.79 Å². The highest BCUT2D eigenvalue weighted by Crippen LogP contribution is 2.24. The highest BCUT2D eigenvalue weighted by atomic mass is 32.1. The predicted molar refractivity (Wildman–Crippen MR) is 102 cm³/mol. The van der Waals surface area contributed by atoms with Crippen LogP contribution >= 0.6 is 11.3 Å². The molecule has 0 saturated heterocycles. The number of nitrogens with zero attached hydrogens (tertiary/aromatic N) is 2. The van der Waals surface area contributed by atoms with Crippen LogP contribution in [-0.2, 0) is 17.8 Å². The van der Waals surface area contributed by atoms with Crippen molar-refractivity contribution in [1.82, 2.24) is 15.5 Å². The minimum atomic E-state index is 0.220. The molecule has 1 aliphatic heterocycles. The lowest BCUT2D eigenvalue weighted by molar-refractivity contribution is -0.131. The fourth-order valence-electron chi connectivity index (χ4n) is 2.89. The fraction of sp³-hybridized carbons (Fsp3) is 0.667. The second-order valence-electron chi connectivity index (χ2n) is 6.17. The van der Waals surface area contributed by atoms with E-state index in [0.717, 1.165) is 38.4 Å². The molecule has 2 rings (SSSR count). The molecule has 0 fully saturated rings. The molecule has 0 aromatic carbocycles. The normalized spacial score (nSPS) is 14.4. The summed E-state index contributed by atoms with van der Waals surface area (Å²) in [5, 5.41) is 8.67. The van der Waals surface area contributed by atoms with E-state index in [1.54, 1.807) is 18.4 Å². The molecule has 1 amide bonds. The number of carbonyl (C=O) groups is 1. The molecule has 0 radical (unpaired) electrons. The number of rotatable bonds is 8. The Morgan fingerprint density at radius 1 is 1.29 bits per heavy atom. The first kappa shape index (κ1) is 18.8. The van der Waals surface area contributed by atoms with E-state index < -0.39 is 0 Å². The van der Waals surface area contributed by atoms with Gasteiger partial charge in [0.15, 0.2) is 5.96 Å². The Morgan fingerprint density at radius 3 is 2.92 bits per heavy atom. The Balaban J connectivity index is 1.63. The first-order valence-corrected chi connectivity index (χ1v) is 9.90. The van der Waals surface area contributed by atoms with Gasteiger partial charge in [-0.25, -0.2) is 0 Å². The Morgan fingerprint density at radius 2 is 2.12 bits per heavy atom. The summed E-state index contributed by atoms with van der Waals surface area (Å²) in [6.07, 6.45) is 6.44.